The number of aromatic nitrogens is 3. The molecule has 1 aromatic carbocycles. The number of methoxy groups -OCH3 is 1. The molecule has 8 heteroatoms. The number of carbonyl (C=O) groups is 1. The summed E-state index contributed by atoms with van der Waals surface area (Å²) in [4.78, 5) is 12.8. The molecule has 0 radical (unpaired) electrons. The number of unbranched alkanes of at least 4 members (excludes halogenated alkanes) is 1. The molecule has 5 rings (SSSR count). The van der Waals surface area contributed by atoms with Gasteiger partial charge in [-0.25, -0.2) is 9.07 Å². The van der Waals surface area contributed by atoms with Gasteiger partial charge in [0.2, 0.25) is 5.91 Å². The Morgan fingerprint density at radius 2 is 2.10 bits per heavy atom. The van der Waals surface area contributed by atoms with Gasteiger partial charge in [-0.1, -0.05) is 31.5 Å². The fourth-order valence-corrected chi connectivity index (χ4v) is 5.76. The van der Waals surface area contributed by atoms with Gasteiger partial charge in [-0.3, -0.25) is 4.79 Å². The van der Waals surface area contributed by atoms with Gasteiger partial charge in [0.1, 0.15) is 5.76 Å². The molecule has 1 N–H and O–H groups in total. The monoisotopic (exact) mass is 536 g/mol. The maximum absolute atomic E-state index is 14.3. The van der Waals surface area contributed by atoms with E-state index in [0.717, 1.165) is 67.7 Å². The Kier molecular flexibility index (Phi) is 8.68. The topological polar surface area (TPSA) is 78.3 Å². The van der Waals surface area contributed by atoms with Crippen molar-refractivity contribution in [2.45, 2.75) is 84.1 Å². The van der Waals surface area contributed by atoms with Crippen molar-refractivity contribution in [2.24, 2.45) is 17.8 Å². The number of hydrogen-bond acceptors (Lipinski definition) is 5. The molecule has 3 atom stereocenters. The van der Waals surface area contributed by atoms with Crippen LogP contribution in [-0.4, -0.2) is 34.6 Å². The van der Waals surface area contributed by atoms with Crippen LogP contribution in [0.25, 0.3) is 0 Å². The van der Waals surface area contributed by atoms with Crippen molar-refractivity contribution in [1.29, 1.82) is 0 Å². The fourth-order valence-electron chi connectivity index (χ4n) is 5.76. The molecule has 1 saturated carbocycles. The standard InChI is InChI=1S/C31H41FN4O3/c1-4-22(23-12-13-27(32)29(16-23)39-19-21-10-11-21)18-36-25(17-33-35-36)8-6-5-7-24-15-26-20(2)9-14-28(38-3)30(26)34-31(24)37/h12-14,16-17,20-22,24H,4-11,15,18-19H2,1-3H3,(H,34,37). The number of allylic oxidation sites excluding steroid dienone is 2. The highest BCUT2D eigenvalue weighted by molar-refractivity contribution is 5.83. The van der Waals surface area contributed by atoms with Crippen LogP contribution in [0.2, 0.25) is 0 Å². The first kappa shape index (κ1) is 27.4. The molecule has 3 aliphatic rings. The Hall–Kier alpha value is -3.16. The van der Waals surface area contributed by atoms with E-state index in [1.807, 2.05) is 23.0 Å². The van der Waals surface area contributed by atoms with Crippen molar-refractivity contribution in [3.8, 4) is 5.75 Å². The first-order valence-electron chi connectivity index (χ1n) is 14.5. The van der Waals surface area contributed by atoms with Gasteiger partial charge in [0.15, 0.2) is 11.6 Å². The Labute approximate surface area is 230 Å². The number of carbonyl (C=O) groups excluding carboxylic acids is 1. The molecule has 0 saturated heterocycles. The summed E-state index contributed by atoms with van der Waals surface area (Å²) in [5.74, 6) is 2.14. The summed E-state index contributed by atoms with van der Waals surface area (Å²) in [6.45, 7) is 5.65. The third-order valence-corrected chi connectivity index (χ3v) is 8.54. The van der Waals surface area contributed by atoms with E-state index < -0.39 is 0 Å². The second-order valence-electron chi connectivity index (χ2n) is 11.4. The summed E-state index contributed by atoms with van der Waals surface area (Å²) in [6, 6.07) is 5.24. The van der Waals surface area contributed by atoms with Gasteiger partial charge >= 0.3 is 0 Å². The lowest BCUT2D eigenvalue weighted by Crippen LogP contribution is -2.38. The van der Waals surface area contributed by atoms with E-state index in [0.29, 0.717) is 30.7 Å². The van der Waals surface area contributed by atoms with Gasteiger partial charge in [0, 0.05) is 18.4 Å². The predicted molar refractivity (Wildman–Crippen MR) is 147 cm³/mol. The maximum atomic E-state index is 14.3. The lowest BCUT2D eigenvalue weighted by Gasteiger charge is -2.33. The summed E-state index contributed by atoms with van der Waals surface area (Å²) < 4.78 is 27.6. The molecule has 1 amide bonds. The van der Waals surface area contributed by atoms with Crippen molar-refractivity contribution in [2.75, 3.05) is 13.7 Å². The molecule has 1 aromatic heterocycles. The van der Waals surface area contributed by atoms with Gasteiger partial charge in [0.25, 0.3) is 0 Å². The zero-order valence-electron chi connectivity index (χ0n) is 23.4. The van der Waals surface area contributed by atoms with Gasteiger partial charge in [-0.05, 0) is 92.5 Å². The number of halogens is 1. The summed E-state index contributed by atoms with van der Waals surface area (Å²) in [6.07, 6.45) is 12.6. The zero-order chi connectivity index (χ0) is 27.4. The maximum Gasteiger partial charge on any atom is 0.227 e. The molecule has 39 heavy (non-hydrogen) atoms. The average molecular weight is 537 g/mol. The average Bonchev–Trinajstić information content (AvgIpc) is 3.67. The van der Waals surface area contributed by atoms with E-state index in [2.05, 4.69) is 35.6 Å². The van der Waals surface area contributed by atoms with Crippen LogP contribution in [0.1, 0.15) is 82.4 Å². The summed E-state index contributed by atoms with van der Waals surface area (Å²) in [7, 11) is 1.66. The minimum absolute atomic E-state index is 0.00437. The van der Waals surface area contributed by atoms with Crippen molar-refractivity contribution < 1.29 is 18.7 Å². The highest BCUT2D eigenvalue weighted by atomic mass is 19.1. The third kappa shape index (κ3) is 6.53. The Bertz CT molecular complexity index is 1230. The van der Waals surface area contributed by atoms with Crippen molar-refractivity contribution in [1.82, 2.24) is 20.3 Å². The Morgan fingerprint density at radius 3 is 2.87 bits per heavy atom. The Morgan fingerprint density at radius 1 is 1.26 bits per heavy atom. The molecule has 2 aromatic rings. The van der Waals surface area contributed by atoms with Crippen molar-refractivity contribution in [3.63, 3.8) is 0 Å². The minimum Gasteiger partial charge on any atom is -0.495 e. The van der Waals surface area contributed by atoms with E-state index in [-0.39, 0.29) is 23.6 Å². The fraction of sp³-hybridized carbons (Fsp3) is 0.581. The quantitative estimate of drug-likeness (QED) is 0.314. The second-order valence-corrected chi connectivity index (χ2v) is 11.4. The molecule has 2 aliphatic carbocycles. The molecule has 7 nitrogen and oxygen atoms in total. The molecular formula is C31H41FN4O3. The summed E-state index contributed by atoms with van der Waals surface area (Å²) >= 11 is 0. The summed E-state index contributed by atoms with van der Waals surface area (Å²) in [5, 5.41) is 11.7. The number of benzene rings is 1. The van der Waals surface area contributed by atoms with Crippen LogP contribution in [0.4, 0.5) is 4.39 Å². The molecule has 3 unspecified atom stereocenters. The predicted octanol–water partition coefficient (Wildman–Crippen LogP) is 6.07. The lowest BCUT2D eigenvalue weighted by atomic mass is 9.80. The van der Waals surface area contributed by atoms with E-state index in [9.17, 15) is 9.18 Å². The number of amides is 1. The Balaban J connectivity index is 1.14. The first-order chi connectivity index (χ1) is 19.0. The molecule has 0 bridgehead atoms. The smallest absolute Gasteiger partial charge is 0.227 e. The van der Waals surface area contributed by atoms with E-state index in [4.69, 9.17) is 9.47 Å². The van der Waals surface area contributed by atoms with Crippen LogP contribution in [-0.2, 0) is 22.5 Å². The number of hydrogen-bond donors (Lipinski definition) is 1. The largest absolute Gasteiger partial charge is 0.495 e. The SMILES string of the molecule is CCC(Cn1nncc1CCCCC1CC2=C(NC1=O)C(OC)=CCC2C)c1ccc(F)c(OCC2CC2)c1. The van der Waals surface area contributed by atoms with Crippen LogP contribution in [0.3, 0.4) is 0 Å². The van der Waals surface area contributed by atoms with E-state index in [1.54, 1.807) is 7.11 Å². The number of ether oxygens (including phenoxy) is 2. The minimum atomic E-state index is -0.302. The highest BCUT2D eigenvalue weighted by Crippen LogP contribution is 2.37. The number of nitrogens with zero attached hydrogens (tertiary/aromatic N) is 3. The number of nitrogens with one attached hydrogen (secondary N) is 1. The van der Waals surface area contributed by atoms with Crippen molar-refractivity contribution in [3.05, 3.63) is 64.6 Å². The van der Waals surface area contributed by atoms with Crippen LogP contribution >= 0.6 is 0 Å². The van der Waals surface area contributed by atoms with Crippen LogP contribution in [0.15, 0.2) is 47.5 Å². The summed E-state index contributed by atoms with van der Waals surface area (Å²) in [5.41, 5.74) is 4.36. The molecule has 1 fully saturated rings. The third-order valence-electron chi connectivity index (χ3n) is 8.54. The van der Waals surface area contributed by atoms with Crippen LogP contribution < -0.4 is 10.1 Å². The molecule has 1 aliphatic heterocycles. The van der Waals surface area contributed by atoms with Crippen molar-refractivity contribution >= 4 is 5.91 Å². The molecule has 0 spiro atoms. The highest BCUT2D eigenvalue weighted by Gasteiger charge is 2.33. The lowest BCUT2D eigenvalue weighted by molar-refractivity contribution is -0.125. The first-order valence-corrected chi connectivity index (χ1v) is 14.5. The zero-order valence-corrected chi connectivity index (χ0v) is 23.4. The van der Waals surface area contributed by atoms with E-state index >= 15 is 0 Å². The molecule has 2 heterocycles. The molecular weight excluding hydrogens is 495 g/mol. The van der Waals surface area contributed by atoms with Crippen LogP contribution in [0.5, 0.6) is 5.75 Å². The van der Waals surface area contributed by atoms with Gasteiger partial charge < -0.3 is 14.8 Å². The number of aryl methyl sites for hydroxylation is 1. The second kappa shape index (κ2) is 12.3. The normalized spacial score (nSPS) is 21.7. The van der Waals surface area contributed by atoms with Gasteiger partial charge in [0.05, 0.1) is 31.3 Å². The molecule has 210 valence electrons. The number of rotatable bonds is 13. The van der Waals surface area contributed by atoms with Gasteiger partial charge in [-0.2, -0.15) is 0 Å². The van der Waals surface area contributed by atoms with Gasteiger partial charge in [-0.15, -0.1) is 5.10 Å². The van der Waals surface area contributed by atoms with Crippen LogP contribution in [0, 0.1) is 23.6 Å². The van der Waals surface area contributed by atoms with E-state index in [1.165, 1.54) is 24.5 Å².